The molecule has 1 fully saturated rings. The summed E-state index contributed by atoms with van der Waals surface area (Å²) >= 11 is 0. The zero-order valence-electron chi connectivity index (χ0n) is 8.76. The van der Waals surface area contributed by atoms with E-state index in [2.05, 4.69) is 12.2 Å². The summed E-state index contributed by atoms with van der Waals surface area (Å²) in [4.78, 5) is 0. The molecule has 15 heavy (non-hydrogen) atoms. The van der Waals surface area contributed by atoms with Crippen molar-refractivity contribution in [1.29, 1.82) is 0 Å². The molecule has 0 bridgehead atoms. The van der Waals surface area contributed by atoms with Crippen molar-refractivity contribution in [3.63, 3.8) is 0 Å². The van der Waals surface area contributed by atoms with Crippen LogP contribution in [0.4, 0.5) is 14.5 Å². The Morgan fingerprint density at radius 2 is 2.00 bits per heavy atom. The van der Waals surface area contributed by atoms with E-state index in [1.54, 1.807) is 6.07 Å². The first kappa shape index (κ1) is 10.4. The smallest absolute Gasteiger partial charge is 0.160 e. The quantitative estimate of drug-likeness (QED) is 0.788. The first-order valence-corrected chi connectivity index (χ1v) is 5.37. The molecule has 2 rings (SSSR count). The number of benzene rings is 1. The van der Waals surface area contributed by atoms with E-state index >= 15 is 0 Å². The van der Waals surface area contributed by atoms with Crippen molar-refractivity contribution in [2.75, 3.05) is 5.32 Å². The van der Waals surface area contributed by atoms with Crippen molar-refractivity contribution < 1.29 is 8.78 Å². The van der Waals surface area contributed by atoms with Crippen molar-refractivity contribution in [3.05, 3.63) is 29.8 Å². The van der Waals surface area contributed by atoms with Crippen LogP contribution in [0.15, 0.2) is 18.2 Å². The molecule has 82 valence electrons. The molecule has 1 aromatic carbocycles. The van der Waals surface area contributed by atoms with Crippen LogP contribution < -0.4 is 5.32 Å². The number of hydrogen-bond donors (Lipinski definition) is 1. The van der Waals surface area contributed by atoms with Crippen molar-refractivity contribution in [1.82, 2.24) is 0 Å². The van der Waals surface area contributed by atoms with Gasteiger partial charge in [0.25, 0.3) is 0 Å². The van der Waals surface area contributed by atoms with Crippen LogP contribution in [0.2, 0.25) is 0 Å². The fourth-order valence-corrected chi connectivity index (χ4v) is 2.16. The number of halogens is 2. The Labute approximate surface area is 88.5 Å². The Kier molecular flexibility index (Phi) is 2.89. The van der Waals surface area contributed by atoms with Gasteiger partial charge in [-0.05, 0) is 37.3 Å². The Morgan fingerprint density at radius 1 is 1.20 bits per heavy atom. The molecule has 1 aliphatic carbocycles. The Bertz CT molecular complexity index is 351. The van der Waals surface area contributed by atoms with Crippen LogP contribution in [0.3, 0.4) is 0 Å². The van der Waals surface area contributed by atoms with Gasteiger partial charge in [-0.15, -0.1) is 0 Å². The molecule has 0 radical (unpaired) electrons. The summed E-state index contributed by atoms with van der Waals surface area (Å²) in [6.07, 6.45) is 3.43. The fourth-order valence-electron chi connectivity index (χ4n) is 2.16. The highest BCUT2D eigenvalue weighted by Crippen LogP contribution is 2.27. The van der Waals surface area contributed by atoms with Crippen molar-refractivity contribution in [2.45, 2.75) is 32.2 Å². The number of hydrogen-bond acceptors (Lipinski definition) is 1. The zero-order valence-corrected chi connectivity index (χ0v) is 8.76. The van der Waals surface area contributed by atoms with Gasteiger partial charge in [0.15, 0.2) is 11.6 Å². The summed E-state index contributed by atoms with van der Waals surface area (Å²) in [6.45, 7) is 2.22. The second-order valence-corrected chi connectivity index (χ2v) is 4.39. The molecule has 1 N–H and O–H groups in total. The zero-order chi connectivity index (χ0) is 10.8. The van der Waals surface area contributed by atoms with Crippen LogP contribution in [0.5, 0.6) is 0 Å². The van der Waals surface area contributed by atoms with Crippen molar-refractivity contribution in [2.24, 2.45) is 5.92 Å². The van der Waals surface area contributed by atoms with E-state index in [1.165, 1.54) is 12.5 Å². The topological polar surface area (TPSA) is 12.0 Å². The minimum atomic E-state index is -0.791. The largest absolute Gasteiger partial charge is 0.382 e. The lowest BCUT2D eigenvalue weighted by Crippen LogP contribution is -2.15. The van der Waals surface area contributed by atoms with Crippen molar-refractivity contribution in [3.8, 4) is 0 Å². The van der Waals surface area contributed by atoms with Crippen LogP contribution in [-0.2, 0) is 0 Å². The molecule has 1 aromatic rings. The average Bonchev–Trinajstić information content (AvgIpc) is 2.58. The summed E-state index contributed by atoms with van der Waals surface area (Å²) in [5.74, 6) is -0.848. The second-order valence-electron chi connectivity index (χ2n) is 4.39. The molecule has 0 spiro atoms. The van der Waals surface area contributed by atoms with E-state index in [9.17, 15) is 8.78 Å². The Balaban J connectivity index is 2.02. The van der Waals surface area contributed by atoms with Crippen LogP contribution in [0.25, 0.3) is 0 Å². The van der Waals surface area contributed by atoms with E-state index in [1.807, 2.05) is 0 Å². The second kappa shape index (κ2) is 4.17. The maximum absolute atomic E-state index is 12.9. The first-order chi connectivity index (χ1) is 7.15. The van der Waals surface area contributed by atoms with Crippen LogP contribution in [-0.4, -0.2) is 6.04 Å². The predicted molar refractivity (Wildman–Crippen MR) is 56.8 cm³/mol. The lowest BCUT2D eigenvalue weighted by Gasteiger charge is -2.13. The molecule has 0 amide bonds. The van der Waals surface area contributed by atoms with Gasteiger partial charge in [0.2, 0.25) is 0 Å². The Hall–Kier alpha value is -1.12. The van der Waals surface area contributed by atoms with Gasteiger partial charge in [-0.2, -0.15) is 0 Å². The van der Waals surface area contributed by atoms with Crippen LogP contribution >= 0.6 is 0 Å². The maximum atomic E-state index is 12.9. The number of rotatable bonds is 2. The summed E-state index contributed by atoms with van der Waals surface area (Å²) in [6, 6.07) is 4.38. The molecular formula is C12H15F2N. The molecule has 0 aromatic heterocycles. The molecule has 1 saturated carbocycles. The highest BCUT2D eigenvalue weighted by atomic mass is 19.2. The molecule has 0 saturated heterocycles. The van der Waals surface area contributed by atoms with Gasteiger partial charge in [0.1, 0.15) is 0 Å². The van der Waals surface area contributed by atoms with E-state index in [4.69, 9.17) is 0 Å². The lowest BCUT2D eigenvalue weighted by molar-refractivity contribution is 0.508. The van der Waals surface area contributed by atoms with E-state index < -0.39 is 11.6 Å². The highest BCUT2D eigenvalue weighted by molar-refractivity contribution is 5.44. The van der Waals surface area contributed by atoms with E-state index in [0.29, 0.717) is 11.7 Å². The molecule has 0 heterocycles. The minimum Gasteiger partial charge on any atom is -0.382 e. The van der Waals surface area contributed by atoms with Gasteiger partial charge in [0, 0.05) is 17.8 Å². The minimum absolute atomic E-state index is 0.407. The number of anilines is 1. The van der Waals surface area contributed by atoms with Crippen LogP contribution in [0, 0.1) is 17.6 Å². The van der Waals surface area contributed by atoms with Gasteiger partial charge in [-0.1, -0.05) is 6.92 Å². The third-order valence-electron chi connectivity index (χ3n) is 2.99. The highest BCUT2D eigenvalue weighted by Gasteiger charge is 2.21. The molecule has 1 aliphatic rings. The summed E-state index contributed by atoms with van der Waals surface area (Å²) < 4.78 is 25.6. The van der Waals surface area contributed by atoms with Gasteiger partial charge in [-0.25, -0.2) is 8.78 Å². The van der Waals surface area contributed by atoms with Gasteiger partial charge in [-0.3, -0.25) is 0 Å². The van der Waals surface area contributed by atoms with Crippen LogP contribution in [0.1, 0.15) is 26.2 Å². The fraction of sp³-hybridized carbons (Fsp3) is 0.500. The normalized spacial score (nSPS) is 25.5. The predicted octanol–water partition coefficient (Wildman–Crippen LogP) is 3.57. The molecule has 0 unspecified atom stereocenters. The summed E-state index contributed by atoms with van der Waals surface area (Å²) in [5.41, 5.74) is 0.674. The van der Waals surface area contributed by atoms with E-state index in [0.717, 1.165) is 24.8 Å². The lowest BCUT2D eigenvalue weighted by atomic mass is 10.1. The summed E-state index contributed by atoms with van der Waals surface area (Å²) in [7, 11) is 0. The molecule has 1 nitrogen and oxygen atoms in total. The average molecular weight is 211 g/mol. The van der Waals surface area contributed by atoms with Crippen molar-refractivity contribution >= 4 is 5.69 Å². The SMILES string of the molecule is C[C@H]1CC[C@@H](Nc2ccc(F)c(F)c2)C1. The third-order valence-corrected chi connectivity index (χ3v) is 2.99. The first-order valence-electron chi connectivity index (χ1n) is 5.37. The maximum Gasteiger partial charge on any atom is 0.160 e. The summed E-state index contributed by atoms with van der Waals surface area (Å²) in [5, 5.41) is 3.23. The Morgan fingerprint density at radius 3 is 2.60 bits per heavy atom. The van der Waals surface area contributed by atoms with E-state index in [-0.39, 0.29) is 0 Å². The molecule has 0 aliphatic heterocycles. The third kappa shape index (κ3) is 2.46. The number of nitrogens with one attached hydrogen (secondary N) is 1. The van der Waals surface area contributed by atoms with Gasteiger partial charge >= 0.3 is 0 Å². The molecular weight excluding hydrogens is 196 g/mol. The monoisotopic (exact) mass is 211 g/mol. The van der Waals surface area contributed by atoms with Gasteiger partial charge < -0.3 is 5.32 Å². The standard InChI is InChI=1S/C12H15F2N/c1-8-2-3-9(6-8)15-10-4-5-11(13)12(14)7-10/h4-5,7-9,15H,2-3,6H2,1H3/t8-,9+/m0/s1. The molecule has 3 heteroatoms. The molecule has 2 atom stereocenters. The van der Waals surface area contributed by atoms with Gasteiger partial charge in [0.05, 0.1) is 0 Å².